The third kappa shape index (κ3) is 3.72. The third-order valence-corrected chi connectivity index (χ3v) is 6.47. The average Bonchev–Trinajstić information content (AvgIpc) is 3.17. The number of carbonyl (C=O) groups is 1. The molecule has 31 heavy (non-hydrogen) atoms. The van der Waals surface area contributed by atoms with Crippen LogP contribution in [0.4, 0.5) is 5.69 Å². The quantitative estimate of drug-likeness (QED) is 0.477. The molecule has 2 heterocycles. The largest absolute Gasteiger partial charge is 0.325 e. The molecule has 0 saturated heterocycles. The number of hydrogen-bond acceptors (Lipinski definition) is 5. The molecule has 8 heteroatoms. The smallest absolute Gasteiger partial charge is 0.262 e. The zero-order chi connectivity index (χ0) is 22.3. The standard InChI is InChI=1S/C23H25N5O2S/c1-13(2)16-11-8-9-14(3)19(16)24-20(29)15(4)31-23-26-25-22-27(5)21(30)17-10-6-7-12-18(17)28(22)23/h6-13,15H,1-5H3,(H,24,29). The third-order valence-electron chi connectivity index (χ3n) is 5.42. The van der Waals surface area contributed by atoms with Gasteiger partial charge in [0.15, 0.2) is 5.16 Å². The highest BCUT2D eigenvalue weighted by atomic mass is 32.2. The van der Waals surface area contributed by atoms with Crippen LogP contribution in [0.2, 0.25) is 0 Å². The fourth-order valence-corrected chi connectivity index (χ4v) is 4.52. The number of anilines is 1. The lowest BCUT2D eigenvalue weighted by molar-refractivity contribution is -0.115. The average molecular weight is 436 g/mol. The summed E-state index contributed by atoms with van der Waals surface area (Å²) in [6, 6.07) is 13.4. The van der Waals surface area contributed by atoms with E-state index in [9.17, 15) is 9.59 Å². The summed E-state index contributed by atoms with van der Waals surface area (Å²) in [7, 11) is 1.68. The first-order chi connectivity index (χ1) is 14.8. The van der Waals surface area contributed by atoms with Gasteiger partial charge in [0.25, 0.3) is 5.56 Å². The van der Waals surface area contributed by atoms with Crippen LogP contribution in [0.15, 0.2) is 52.4 Å². The molecular weight excluding hydrogens is 410 g/mol. The number of hydrogen-bond donors (Lipinski definition) is 1. The predicted molar refractivity (Wildman–Crippen MR) is 125 cm³/mol. The number of aryl methyl sites for hydroxylation is 2. The van der Waals surface area contributed by atoms with E-state index in [0.717, 1.165) is 22.3 Å². The van der Waals surface area contributed by atoms with Gasteiger partial charge < -0.3 is 5.32 Å². The van der Waals surface area contributed by atoms with Gasteiger partial charge in [-0.25, -0.2) is 0 Å². The van der Waals surface area contributed by atoms with E-state index < -0.39 is 5.25 Å². The van der Waals surface area contributed by atoms with Crippen LogP contribution in [0.5, 0.6) is 0 Å². The number of nitrogens with zero attached hydrogens (tertiary/aromatic N) is 4. The number of carbonyl (C=O) groups excluding carboxylic acids is 1. The van der Waals surface area contributed by atoms with Crippen molar-refractivity contribution in [2.45, 2.75) is 44.0 Å². The molecule has 160 valence electrons. The molecule has 0 aliphatic heterocycles. The van der Waals surface area contributed by atoms with E-state index in [-0.39, 0.29) is 11.5 Å². The normalized spacial score (nSPS) is 12.6. The molecule has 2 aromatic carbocycles. The number of fused-ring (bicyclic) bond motifs is 3. The number of thioether (sulfide) groups is 1. The summed E-state index contributed by atoms with van der Waals surface area (Å²) < 4.78 is 3.31. The first-order valence-electron chi connectivity index (χ1n) is 10.2. The molecule has 0 aliphatic carbocycles. The van der Waals surface area contributed by atoms with Crippen molar-refractivity contribution in [3.63, 3.8) is 0 Å². The molecule has 4 aromatic rings. The van der Waals surface area contributed by atoms with Gasteiger partial charge in [-0.2, -0.15) is 0 Å². The number of para-hydroxylation sites is 2. The lowest BCUT2D eigenvalue weighted by Gasteiger charge is -2.18. The van der Waals surface area contributed by atoms with Crippen LogP contribution in [-0.4, -0.2) is 30.3 Å². The molecule has 7 nitrogen and oxygen atoms in total. The molecule has 2 aromatic heterocycles. The number of aromatic nitrogens is 4. The minimum atomic E-state index is -0.414. The van der Waals surface area contributed by atoms with Gasteiger partial charge in [-0.1, -0.05) is 55.9 Å². The summed E-state index contributed by atoms with van der Waals surface area (Å²) in [4.78, 5) is 25.7. The summed E-state index contributed by atoms with van der Waals surface area (Å²) in [5, 5.41) is 12.3. The van der Waals surface area contributed by atoms with E-state index in [0.29, 0.717) is 22.2 Å². The first kappa shape index (κ1) is 21.1. The Bertz CT molecular complexity index is 1360. The number of benzene rings is 2. The van der Waals surface area contributed by atoms with Crippen LogP contribution in [0, 0.1) is 6.92 Å². The highest BCUT2D eigenvalue weighted by Crippen LogP contribution is 2.30. The van der Waals surface area contributed by atoms with Crippen LogP contribution in [0.3, 0.4) is 0 Å². The summed E-state index contributed by atoms with van der Waals surface area (Å²) in [5.74, 6) is 0.637. The summed E-state index contributed by atoms with van der Waals surface area (Å²) in [5.41, 5.74) is 3.61. The van der Waals surface area contributed by atoms with E-state index in [1.54, 1.807) is 13.1 Å². The van der Waals surface area contributed by atoms with Crippen molar-refractivity contribution in [1.82, 2.24) is 19.2 Å². The molecule has 0 bridgehead atoms. The number of rotatable bonds is 5. The lowest BCUT2D eigenvalue weighted by Crippen LogP contribution is -2.24. The molecular formula is C23H25N5O2S. The van der Waals surface area contributed by atoms with E-state index in [2.05, 4.69) is 29.4 Å². The zero-order valence-electron chi connectivity index (χ0n) is 18.2. The van der Waals surface area contributed by atoms with Gasteiger partial charge in [-0.05, 0) is 43.0 Å². The highest BCUT2D eigenvalue weighted by molar-refractivity contribution is 8.00. The van der Waals surface area contributed by atoms with Crippen molar-refractivity contribution < 1.29 is 4.79 Å². The van der Waals surface area contributed by atoms with Gasteiger partial charge in [0.1, 0.15) is 0 Å². The van der Waals surface area contributed by atoms with Crippen molar-refractivity contribution in [3.8, 4) is 0 Å². The summed E-state index contributed by atoms with van der Waals surface area (Å²) in [6.07, 6.45) is 0. The number of nitrogens with one attached hydrogen (secondary N) is 1. The van der Waals surface area contributed by atoms with Gasteiger partial charge in [-0.3, -0.25) is 18.6 Å². The van der Waals surface area contributed by atoms with Gasteiger partial charge >= 0.3 is 0 Å². The van der Waals surface area contributed by atoms with E-state index in [1.165, 1.54) is 16.3 Å². The molecule has 0 aliphatic rings. The Morgan fingerprint density at radius 1 is 1.06 bits per heavy atom. The van der Waals surface area contributed by atoms with Crippen LogP contribution in [0.1, 0.15) is 37.8 Å². The van der Waals surface area contributed by atoms with E-state index in [4.69, 9.17) is 0 Å². The second-order valence-corrected chi connectivity index (χ2v) is 9.25. The topological polar surface area (TPSA) is 81.3 Å². The van der Waals surface area contributed by atoms with Crippen LogP contribution >= 0.6 is 11.8 Å². The second-order valence-electron chi connectivity index (χ2n) is 7.94. The van der Waals surface area contributed by atoms with E-state index in [1.807, 2.05) is 54.6 Å². The second kappa shape index (κ2) is 8.19. The van der Waals surface area contributed by atoms with Crippen molar-refractivity contribution in [3.05, 3.63) is 63.9 Å². The first-order valence-corrected chi connectivity index (χ1v) is 11.1. The Morgan fingerprint density at radius 2 is 1.81 bits per heavy atom. The molecule has 1 amide bonds. The monoisotopic (exact) mass is 435 g/mol. The van der Waals surface area contributed by atoms with Gasteiger partial charge in [0, 0.05) is 12.7 Å². The van der Waals surface area contributed by atoms with Crippen molar-refractivity contribution in [1.29, 1.82) is 0 Å². The van der Waals surface area contributed by atoms with Crippen molar-refractivity contribution >= 4 is 40.0 Å². The van der Waals surface area contributed by atoms with Crippen LogP contribution in [0.25, 0.3) is 16.7 Å². The van der Waals surface area contributed by atoms with Crippen LogP contribution in [-0.2, 0) is 11.8 Å². The Hall–Kier alpha value is -3.13. The highest BCUT2D eigenvalue weighted by Gasteiger charge is 2.22. The molecule has 0 saturated carbocycles. The SMILES string of the molecule is Cc1cccc(C(C)C)c1NC(=O)C(C)Sc1nnc2n(C)c(=O)c3ccccc3n12. The Labute approximate surface area is 184 Å². The van der Waals surface area contributed by atoms with Crippen LogP contribution < -0.4 is 10.9 Å². The molecule has 1 N–H and O–H groups in total. The zero-order valence-corrected chi connectivity index (χ0v) is 19.0. The van der Waals surface area contributed by atoms with Gasteiger partial charge in [0.2, 0.25) is 11.7 Å². The maximum Gasteiger partial charge on any atom is 0.262 e. The Balaban J connectivity index is 1.68. The van der Waals surface area contributed by atoms with Crippen molar-refractivity contribution in [2.24, 2.45) is 7.05 Å². The molecule has 1 atom stereocenters. The molecule has 0 radical (unpaired) electrons. The summed E-state index contributed by atoms with van der Waals surface area (Å²) in [6.45, 7) is 8.07. The predicted octanol–water partition coefficient (Wildman–Crippen LogP) is 4.13. The fourth-order valence-electron chi connectivity index (χ4n) is 3.67. The minimum Gasteiger partial charge on any atom is -0.325 e. The molecule has 4 rings (SSSR count). The van der Waals surface area contributed by atoms with Crippen molar-refractivity contribution in [2.75, 3.05) is 5.32 Å². The Kier molecular flexibility index (Phi) is 5.58. The molecule has 1 unspecified atom stereocenters. The summed E-state index contributed by atoms with van der Waals surface area (Å²) >= 11 is 1.32. The maximum absolute atomic E-state index is 13.0. The Morgan fingerprint density at radius 3 is 2.55 bits per heavy atom. The lowest BCUT2D eigenvalue weighted by atomic mass is 9.98. The van der Waals surface area contributed by atoms with Gasteiger partial charge in [-0.15, -0.1) is 10.2 Å². The van der Waals surface area contributed by atoms with E-state index >= 15 is 0 Å². The maximum atomic E-state index is 13.0. The van der Waals surface area contributed by atoms with Gasteiger partial charge in [0.05, 0.1) is 16.2 Å². The molecule has 0 fully saturated rings. The number of amides is 1. The fraction of sp³-hybridized carbons (Fsp3) is 0.304. The molecule has 0 spiro atoms. The minimum absolute atomic E-state index is 0.105.